The summed E-state index contributed by atoms with van der Waals surface area (Å²) in [6.45, 7) is 13.0. The van der Waals surface area contributed by atoms with Crippen molar-refractivity contribution in [3.63, 3.8) is 0 Å². The van der Waals surface area contributed by atoms with Crippen molar-refractivity contribution in [2.75, 3.05) is 26.7 Å². The summed E-state index contributed by atoms with van der Waals surface area (Å²) in [7, 11) is 1.67. The third kappa shape index (κ3) is 3.43. The van der Waals surface area contributed by atoms with Crippen LogP contribution in [0.15, 0.2) is 30.6 Å². The molecule has 0 unspecified atom stereocenters. The molecule has 158 valence electrons. The van der Waals surface area contributed by atoms with Crippen molar-refractivity contribution < 1.29 is 4.74 Å². The molecular formula is C23H30N6O. The lowest BCUT2D eigenvalue weighted by Crippen LogP contribution is -2.25. The quantitative estimate of drug-likeness (QED) is 0.441. The van der Waals surface area contributed by atoms with Crippen LogP contribution in [0.3, 0.4) is 0 Å². The van der Waals surface area contributed by atoms with Gasteiger partial charge in [0.15, 0.2) is 11.5 Å². The monoisotopic (exact) mass is 406 g/mol. The molecule has 0 radical (unpaired) electrons. The first-order chi connectivity index (χ1) is 14.6. The van der Waals surface area contributed by atoms with Gasteiger partial charge in [0.1, 0.15) is 17.7 Å². The number of hydrogen-bond acceptors (Lipinski definition) is 5. The second kappa shape index (κ2) is 8.44. The van der Waals surface area contributed by atoms with Gasteiger partial charge in [-0.2, -0.15) is 0 Å². The lowest BCUT2D eigenvalue weighted by Gasteiger charge is -2.18. The van der Waals surface area contributed by atoms with Crippen LogP contribution >= 0.6 is 0 Å². The molecule has 7 heteroatoms. The van der Waals surface area contributed by atoms with Crippen LogP contribution in [0.5, 0.6) is 5.75 Å². The minimum Gasteiger partial charge on any atom is -0.496 e. The lowest BCUT2D eigenvalue weighted by atomic mass is 10.2. The van der Waals surface area contributed by atoms with Gasteiger partial charge >= 0.3 is 0 Å². The standard InChI is InChI=1S/C23H30N6O/c1-6-27(7-2)13-10-14-28-17(4)16(3)20-22(28)24-15-29-23(20)25-21(26-29)18-11-8-9-12-19(18)30-5/h8-9,11-12,15H,6-7,10,13-14H2,1-5H3. The molecule has 0 aliphatic rings. The fraction of sp³-hybridized carbons (Fsp3) is 0.435. The third-order valence-corrected chi connectivity index (χ3v) is 6.04. The first-order valence-corrected chi connectivity index (χ1v) is 10.7. The van der Waals surface area contributed by atoms with Gasteiger partial charge in [-0.3, -0.25) is 0 Å². The highest BCUT2D eigenvalue weighted by atomic mass is 16.5. The van der Waals surface area contributed by atoms with Crippen molar-refractivity contribution >= 4 is 16.7 Å². The Labute approximate surface area is 177 Å². The second-order valence-corrected chi connectivity index (χ2v) is 7.59. The molecule has 0 saturated heterocycles. The van der Waals surface area contributed by atoms with Crippen LogP contribution in [0, 0.1) is 13.8 Å². The number of aryl methyl sites for hydroxylation is 2. The number of rotatable bonds is 8. The highest BCUT2D eigenvalue weighted by molar-refractivity contribution is 5.94. The van der Waals surface area contributed by atoms with E-state index in [0.29, 0.717) is 5.82 Å². The van der Waals surface area contributed by atoms with Gasteiger partial charge in [0.25, 0.3) is 0 Å². The van der Waals surface area contributed by atoms with E-state index >= 15 is 0 Å². The Morgan fingerprint density at radius 1 is 1.07 bits per heavy atom. The zero-order valence-corrected chi connectivity index (χ0v) is 18.5. The van der Waals surface area contributed by atoms with E-state index in [2.05, 4.69) is 42.3 Å². The molecule has 3 aromatic heterocycles. The first-order valence-electron chi connectivity index (χ1n) is 10.7. The first kappa shape index (κ1) is 20.3. The Morgan fingerprint density at radius 2 is 1.83 bits per heavy atom. The molecule has 30 heavy (non-hydrogen) atoms. The number of aromatic nitrogens is 5. The maximum atomic E-state index is 5.50. The SMILES string of the molecule is CCN(CC)CCCn1c(C)c(C)c2c1ncn1nc(-c3ccccc3OC)nc21. The molecule has 4 aromatic rings. The second-order valence-electron chi connectivity index (χ2n) is 7.59. The Kier molecular flexibility index (Phi) is 5.72. The summed E-state index contributed by atoms with van der Waals surface area (Å²) in [4.78, 5) is 12.1. The van der Waals surface area contributed by atoms with E-state index in [9.17, 15) is 0 Å². The summed E-state index contributed by atoms with van der Waals surface area (Å²) < 4.78 is 9.60. The molecule has 4 rings (SSSR count). The lowest BCUT2D eigenvalue weighted by molar-refractivity contribution is 0.293. The fourth-order valence-electron chi connectivity index (χ4n) is 4.14. The number of benzene rings is 1. The summed E-state index contributed by atoms with van der Waals surface area (Å²) >= 11 is 0. The molecule has 0 bridgehead atoms. The molecule has 0 amide bonds. The predicted molar refractivity (Wildman–Crippen MR) is 120 cm³/mol. The van der Waals surface area contributed by atoms with Crippen molar-refractivity contribution in [3.8, 4) is 17.1 Å². The van der Waals surface area contributed by atoms with E-state index < -0.39 is 0 Å². The average Bonchev–Trinajstić information content (AvgIpc) is 3.31. The van der Waals surface area contributed by atoms with Crippen molar-refractivity contribution in [1.82, 2.24) is 29.0 Å². The molecule has 0 spiro atoms. The number of hydrogen-bond donors (Lipinski definition) is 0. The van der Waals surface area contributed by atoms with Crippen LogP contribution in [-0.4, -0.2) is 55.8 Å². The highest BCUT2D eigenvalue weighted by Gasteiger charge is 2.19. The largest absolute Gasteiger partial charge is 0.496 e. The van der Waals surface area contributed by atoms with Crippen LogP contribution < -0.4 is 4.74 Å². The van der Waals surface area contributed by atoms with Gasteiger partial charge in [-0.05, 0) is 57.6 Å². The summed E-state index contributed by atoms with van der Waals surface area (Å²) in [6, 6.07) is 7.83. The molecule has 0 aliphatic heterocycles. The van der Waals surface area contributed by atoms with Crippen LogP contribution in [0.1, 0.15) is 31.5 Å². The molecule has 7 nitrogen and oxygen atoms in total. The summed E-state index contributed by atoms with van der Waals surface area (Å²) in [5.74, 6) is 1.41. The van der Waals surface area contributed by atoms with Crippen LogP contribution in [-0.2, 0) is 6.54 Å². The molecule has 0 aliphatic carbocycles. The molecular weight excluding hydrogens is 376 g/mol. The Balaban J connectivity index is 1.76. The van der Waals surface area contributed by atoms with Gasteiger partial charge < -0.3 is 14.2 Å². The minimum atomic E-state index is 0.646. The Hall–Kier alpha value is -2.93. The van der Waals surface area contributed by atoms with Gasteiger partial charge in [0.05, 0.1) is 18.1 Å². The number of ether oxygens (including phenoxy) is 1. The molecule has 3 heterocycles. The summed E-state index contributed by atoms with van der Waals surface area (Å²) in [6.07, 6.45) is 2.86. The molecule has 1 aromatic carbocycles. The normalized spacial score (nSPS) is 11.8. The maximum absolute atomic E-state index is 5.50. The minimum absolute atomic E-state index is 0.646. The number of methoxy groups -OCH3 is 1. The molecule has 0 saturated carbocycles. The van der Waals surface area contributed by atoms with E-state index in [-0.39, 0.29) is 0 Å². The van der Waals surface area contributed by atoms with Gasteiger partial charge in [0, 0.05) is 12.2 Å². The van der Waals surface area contributed by atoms with Gasteiger partial charge in [-0.15, -0.1) is 5.10 Å². The van der Waals surface area contributed by atoms with E-state index in [4.69, 9.17) is 14.7 Å². The molecule has 0 fully saturated rings. The predicted octanol–water partition coefficient (Wildman–Crippen LogP) is 4.10. The van der Waals surface area contributed by atoms with Crippen LogP contribution in [0.2, 0.25) is 0 Å². The number of fused-ring (bicyclic) bond motifs is 3. The Bertz CT molecular complexity index is 1170. The van der Waals surface area contributed by atoms with Crippen molar-refractivity contribution in [3.05, 3.63) is 41.9 Å². The zero-order valence-electron chi connectivity index (χ0n) is 18.5. The molecule has 0 atom stereocenters. The topological polar surface area (TPSA) is 60.5 Å². The maximum Gasteiger partial charge on any atom is 0.185 e. The van der Waals surface area contributed by atoms with E-state index in [1.807, 2.05) is 24.3 Å². The zero-order chi connectivity index (χ0) is 21.3. The summed E-state index contributed by atoms with van der Waals surface area (Å²) in [5, 5.41) is 5.75. The number of para-hydroxylation sites is 1. The fourth-order valence-corrected chi connectivity index (χ4v) is 4.14. The van der Waals surface area contributed by atoms with Crippen LogP contribution in [0.4, 0.5) is 0 Å². The van der Waals surface area contributed by atoms with Crippen molar-refractivity contribution in [1.29, 1.82) is 0 Å². The van der Waals surface area contributed by atoms with Crippen LogP contribution in [0.25, 0.3) is 28.1 Å². The smallest absolute Gasteiger partial charge is 0.185 e. The van der Waals surface area contributed by atoms with E-state index in [0.717, 1.165) is 60.6 Å². The van der Waals surface area contributed by atoms with E-state index in [1.54, 1.807) is 18.0 Å². The molecule has 0 N–H and O–H groups in total. The van der Waals surface area contributed by atoms with Crippen molar-refractivity contribution in [2.45, 2.75) is 40.7 Å². The van der Waals surface area contributed by atoms with Gasteiger partial charge in [-0.1, -0.05) is 26.0 Å². The van der Waals surface area contributed by atoms with E-state index in [1.165, 1.54) is 11.3 Å². The average molecular weight is 407 g/mol. The van der Waals surface area contributed by atoms with Gasteiger partial charge in [-0.25, -0.2) is 14.5 Å². The summed E-state index contributed by atoms with van der Waals surface area (Å²) in [5.41, 5.74) is 5.15. The number of nitrogens with zero attached hydrogens (tertiary/aromatic N) is 6. The van der Waals surface area contributed by atoms with Crippen molar-refractivity contribution in [2.24, 2.45) is 0 Å². The van der Waals surface area contributed by atoms with Gasteiger partial charge in [0.2, 0.25) is 0 Å². The highest BCUT2D eigenvalue weighted by Crippen LogP contribution is 2.31. The Morgan fingerprint density at radius 3 is 2.57 bits per heavy atom. The third-order valence-electron chi connectivity index (χ3n) is 6.04.